The molecule has 0 radical (unpaired) electrons. The predicted molar refractivity (Wildman–Crippen MR) is 72.4 cm³/mol. The fourth-order valence-electron chi connectivity index (χ4n) is 1.26. The normalized spacial score (nSPS) is 11.0. The second-order valence-electron chi connectivity index (χ2n) is 4.86. The van der Waals surface area contributed by atoms with E-state index in [9.17, 15) is 0 Å². The van der Waals surface area contributed by atoms with Crippen molar-refractivity contribution in [3.63, 3.8) is 0 Å². The molecule has 0 spiro atoms. The Bertz CT molecular complexity index is 415. The first kappa shape index (κ1) is 13.9. The van der Waals surface area contributed by atoms with Gasteiger partial charge in [-0.3, -0.25) is 0 Å². The van der Waals surface area contributed by atoms with Crippen LogP contribution in [0.15, 0.2) is 18.2 Å². The van der Waals surface area contributed by atoms with Gasteiger partial charge in [0.05, 0.1) is 5.02 Å². The molecule has 0 aliphatic carbocycles. The number of halogens is 1. The van der Waals surface area contributed by atoms with Gasteiger partial charge in [0.1, 0.15) is 12.4 Å². The highest BCUT2D eigenvalue weighted by Crippen LogP contribution is 2.25. The topological polar surface area (TPSA) is 21.3 Å². The molecule has 0 bridgehead atoms. The van der Waals surface area contributed by atoms with Gasteiger partial charge in [-0.05, 0) is 38.5 Å². The Hall–Kier alpha value is -1.17. The Labute approximate surface area is 108 Å². The van der Waals surface area contributed by atoms with E-state index in [-0.39, 0.29) is 12.1 Å². The van der Waals surface area contributed by atoms with Gasteiger partial charge in [0, 0.05) is 12.1 Å². The second-order valence-corrected chi connectivity index (χ2v) is 5.27. The van der Waals surface area contributed by atoms with E-state index < -0.39 is 0 Å². The van der Waals surface area contributed by atoms with Crippen LogP contribution in [0.3, 0.4) is 0 Å². The molecule has 0 unspecified atom stereocenters. The molecule has 3 heteroatoms. The first-order chi connectivity index (χ1) is 7.92. The lowest BCUT2D eigenvalue weighted by Gasteiger charge is -2.20. The van der Waals surface area contributed by atoms with Crippen molar-refractivity contribution >= 4 is 11.6 Å². The highest BCUT2D eigenvalue weighted by atomic mass is 35.5. The first-order valence-electron chi connectivity index (χ1n) is 5.52. The number of ether oxygens (including phenoxy) is 1. The molecular formula is C14H18ClNO. The Kier molecular flexibility index (Phi) is 4.86. The van der Waals surface area contributed by atoms with Crippen LogP contribution in [-0.4, -0.2) is 12.1 Å². The van der Waals surface area contributed by atoms with Crippen LogP contribution < -0.4 is 10.1 Å². The molecule has 2 nitrogen and oxygen atoms in total. The molecular weight excluding hydrogens is 234 g/mol. The van der Waals surface area contributed by atoms with Crippen molar-refractivity contribution in [3.05, 3.63) is 28.8 Å². The summed E-state index contributed by atoms with van der Waals surface area (Å²) in [6, 6.07) is 5.72. The van der Waals surface area contributed by atoms with Crippen molar-refractivity contribution in [2.45, 2.75) is 32.9 Å². The summed E-state index contributed by atoms with van der Waals surface area (Å²) in [5, 5.41) is 3.99. The molecule has 1 rings (SSSR count). The minimum absolute atomic E-state index is 0.0884. The largest absolute Gasteiger partial charge is 0.479 e. The van der Waals surface area contributed by atoms with E-state index in [2.05, 4.69) is 32.0 Å². The molecule has 1 aromatic rings. The maximum absolute atomic E-state index is 6.09. The number of hydrogen-bond acceptors (Lipinski definition) is 2. The van der Waals surface area contributed by atoms with E-state index in [1.807, 2.05) is 18.2 Å². The van der Waals surface area contributed by atoms with E-state index in [0.717, 1.165) is 12.1 Å². The third-order valence-corrected chi connectivity index (χ3v) is 2.43. The maximum Gasteiger partial charge on any atom is 0.148 e. The highest BCUT2D eigenvalue weighted by molar-refractivity contribution is 6.32. The number of rotatable bonds is 4. The molecule has 0 aromatic heterocycles. The van der Waals surface area contributed by atoms with E-state index in [1.165, 1.54) is 0 Å². The molecule has 92 valence electrons. The maximum atomic E-state index is 6.09. The Balaban J connectivity index is 2.66. The van der Waals surface area contributed by atoms with Gasteiger partial charge in [0.15, 0.2) is 0 Å². The van der Waals surface area contributed by atoms with Crippen molar-refractivity contribution in [3.8, 4) is 18.1 Å². The smallest absolute Gasteiger partial charge is 0.148 e. The summed E-state index contributed by atoms with van der Waals surface area (Å²) in [4.78, 5) is 0. The molecule has 1 aromatic carbocycles. The minimum Gasteiger partial charge on any atom is -0.479 e. The zero-order valence-electron chi connectivity index (χ0n) is 10.5. The number of hydrogen-bond donors (Lipinski definition) is 1. The van der Waals surface area contributed by atoms with Crippen molar-refractivity contribution in [2.75, 3.05) is 6.61 Å². The van der Waals surface area contributed by atoms with Gasteiger partial charge in [0.2, 0.25) is 0 Å². The SMILES string of the molecule is C#CCOc1ccc(CNC(C)(C)C)cc1Cl. The summed E-state index contributed by atoms with van der Waals surface area (Å²) in [7, 11) is 0. The quantitative estimate of drug-likeness (QED) is 0.830. The van der Waals surface area contributed by atoms with Crippen LogP contribution >= 0.6 is 11.6 Å². The summed E-state index contributed by atoms with van der Waals surface area (Å²) in [5.74, 6) is 3.04. The van der Waals surface area contributed by atoms with Crippen molar-refractivity contribution < 1.29 is 4.74 Å². The van der Waals surface area contributed by atoms with Gasteiger partial charge in [-0.25, -0.2) is 0 Å². The lowest BCUT2D eigenvalue weighted by molar-refractivity contribution is 0.370. The Morgan fingerprint density at radius 3 is 2.65 bits per heavy atom. The molecule has 0 atom stereocenters. The van der Waals surface area contributed by atoms with Gasteiger partial charge < -0.3 is 10.1 Å². The lowest BCUT2D eigenvalue weighted by atomic mass is 10.1. The van der Waals surface area contributed by atoms with Crippen molar-refractivity contribution in [1.82, 2.24) is 5.32 Å². The van der Waals surface area contributed by atoms with Gasteiger partial charge in [-0.2, -0.15) is 0 Å². The second kappa shape index (κ2) is 5.95. The zero-order chi connectivity index (χ0) is 12.9. The molecule has 0 aliphatic rings. The first-order valence-corrected chi connectivity index (χ1v) is 5.90. The van der Waals surface area contributed by atoms with Crippen molar-refractivity contribution in [2.24, 2.45) is 0 Å². The molecule has 0 saturated carbocycles. The molecule has 17 heavy (non-hydrogen) atoms. The van der Waals surface area contributed by atoms with Crippen LogP contribution in [0.5, 0.6) is 5.75 Å². The van der Waals surface area contributed by atoms with E-state index in [0.29, 0.717) is 10.8 Å². The number of nitrogens with one attached hydrogen (secondary N) is 1. The fourth-order valence-corrected chi connectivity index (χ4v) is 1.52. The average Bonchev–Trinajstić information content (AvgIpc) is 2.24. The summed E-state index contributed by atoms with van der Waals surface area (Å²) < 4.78 is 5.30. The molecule has 0 fully saturated rings. The van der Waals surface area contributed by atoms with Gasteiger partial charge >= 0.3 is 0 Å². The minimum atomic E-state index is 0.0884. The summed E-state index contributed by atoms with van der Waals surface area (Å²) in [6.45, 7) is 7.38. The van der Waals surface area contributed by atoms with Gasteiger partial charge in [-0.15, -0.1) is 6.42 Å². The molecule has 0 amide bonds. The van der Waals surface area contributed by atoms with Crippen LogP contribution in [0.25, 0.3) is 0 Å². The average molecular weight is 252 g/mol. The number of terminal acetylenes is 1. The standard InChI is InChI=1S/C14H18ClNO/c1-5-8-17-13-7-6-11(9-12(13)15)10-16-14(2,3)4/h1,6-7,9,16H,8,10H2,2-4H3. The van der Waals surface area contributed by atoms with Crippen LogP contribution in [0.4, 0.5) is 0 Å². The summed E-state index contributed by atoms with van der Waals surface area (Å²) in [6.07, 6.45) is 5.12. The Morgan fingerprint density at radius 1 is 1.41 bits per heavy atom. The van der Waals surface area contributed by atoms with Crippen LogP contribution in [0, 0.1) is 12.3 Å². The lowest BCUT2D eigenvalue weighted by Crippen LogP contribution is -2.35. The van der Waals surface area contributed by atoms with E-state index in [1.54, 1.807) is 0 Å². The molecule has 0 saturated heterocycles. The van der Waals surface area contributed by atoms with Crippen LogP contribution in [-0.2, 0) is 6.54 Å². The fraction of sp³-hybridized carbons (Fsp3) is 0.429. The third-order valence-electron chi connectivity index (χ3n) is 2.13. The monoisotopic (exact) mass is 251 g/mol. The van der Waals surface area contributed by atoms with Gasteiger partial charge in [0.25, 0.3) is 0 Å². The molecule has 0 heterocycles. The predicted octanol–water partition coefficient (Wildman–Crippen LogP) is 3.24. The van der Waals surface area contributed by atoms with Crippen LogP contribution in [0.1, 0.15) is 26.3 Å². The zero-order valence-corrected chi connectivity index (χ0v) is 11.3. The molecule has 0 aliphatic heterocycles. The summed E-state index contributed by atoms with van der Waals surface area (Å²) >= 11 is 6.09. The summed E-state index contributed by atoms with van der Waals surface area (Å²) in [5.41, 5.74) is 1.21. The van der Waals surface area contributed by atoms with E-state index >= 15 is 0 Å². The third kappa shape index (κ3) is 5.12. The van der Waals surface area contributed by atoms with E-state index in [4.69, 9.17) is 22.8 Å². The molecule has 1 N–H and O–H groups in total. The van der Waals surface area contributed by atoms with Crippen LogP contribution in [0.2, 0.25) is 5.02 Å². The van der Waals surface area contributed by atoms with Gasteiger partial charge in [-0.1, -0.05) is 23.6 Å². The Morgan fingerprint density at radius 2 is 2.12 bits per heavy atom. The number of benzene rings is 1. The highest BCUT2D eigenvalue weighted by Gasteiger charge is 2.09. The van der Waals surface area contributed by atoms with Crippen molar-refractivity contribution in [1.29, 1.82) is 0 Å².